The van der Waals surface area contributed by atoms with Crippen LogP contribution in [0.1, 0.15) is 96.8 Å². The molecule has 2 aliphatic carbocycles. The molecule has 11 nitrogen and oxygen atoms in total. The second-order valence-electron chi connectivity index (χ2n) is 15.6. The average molecular weight is 697 g/mol. The van der Waals surface area contributed by atoms with Gasteiger partial charge in [-0.1, -0.05) is 40.0 Å². The second kappa shape index (κ2) is 15.0. The summed E-state index contributed by atoms with van der Waals surface area (Å²) >= 11 is 0. The number of halogens is 3. The molecule has 14 heteroatoms. The number of piperidine rings is 1. The maximum Gasteiger partial charge on any atom is 0.408 e. The fourth-order valence-electron chi connectivity index (χ4n) is 8.03. The summed E-state index contributed by atoms with van der Waals surface area (Å²) in [5.41, 5.74) is -0.735. The number of hydrogen-bond acceptors (Lipinski definition) is 6. The molecule has 1 aromatic heterocycles. The molecule has 1 spiro atoms. The molecule has 4 amide bonds. The number of amides is 4. The number of nitrogens with one attached hydrogen (secondary N) is 1. The number of likely N-dealkylation sites (tertiary alicyclic amines) is 3. The Balaban J connectivity index is 0.000000550. The molecule has 4 heterocycles. The van der Waals surface area contributed by atoms with Crippen molar-refractivity contribution in [2.45, 2.75) is 104 Å². The molecule has 3 saturated heterocycles. The van der Waals surface area contributed by atoms with Gasteiger partial charge in [0.2, 0.25) is 17.7 Å². The van der Waals surface area contributed by atoms with Crippen LogP contribution in [0.3, 0.4) is 0 Å². The molecule has 5 fully saturated rings. The lowest BCUT2D eigenvalue weighted by Gasteiger charge is -2.50. The summed E-state index contributed by atoms with van der Waals surface area (Å²) in [7, 11) is 0. The molecule has 0 unspecified atom stereocenters. The van der Waals surface area contributed by atoms with E-state index in [0.717, 1.165) is 38.1 Å². The van der Waals surface area contributed by atoms with Gasteiger partial charge in [0, 0.05) is 64.8 Å². The molecule has 6 rings (SSSR count). The summed E-state index contributed by atoms with van der Waals surface area (Å²) in [5.74, 6) is -1.01. The first-order valence-corrected chi connectivity index (χ1v) is 18.0. The molecule has 0 bridgehead atoms. The zero-order valence-corrected chi connectivity index (χ0v) is 29.1. The lowest BCUT2D eigenvalue weighted by molar-refractivity contribution is -0.152. The van der Waals surface area contributed by atoms with E-state index in [1.807, 2.05) is 20.8 Å². The fraction of sp³-hybridized carbons (Fsp3) is 0.800. The van der Waals surface area contributed by atoms with Gasteiger partial charge in [-0.25, -0.2) is 0 Å². The summed E-state index contributed by atoms with van der Waals surface area (Å²) in [6.45, 7) is 7.20. The van der Waals surface area contributed by atoms with Crippen molar-refractivity contribution >= 4 is 23.6 Å². The quantitative estimate of drug-likeness (QED) is 0.422. The Hall–Kier alpha value is -3.16. The lowest BCUT2D eigenvalue weighted by atomic mass is 9.70. The van der Waals surface area contributed by atoms with Gasteiger partial charge in [-0.2, -0.15) is 18.3 Å². The van der Waals surface area contributed by atoms with Gasteiger partial charge in [-0.3, -0.25) is 23.9 Å². The number of alkyl halides is 3. The van der Waals surface area contributed by atoms with Crippen molar-refractivity contribution < 1.29 is 38.9 Å². The van der Waals surface area contributed by atoms with Crippen molar-refractivity contribution in [3.8, 4) is 0 Å². The van der Waals surface area contributed by atoms with Gasteiger partial charge in [-0.15, -0.1) is 0 Å². The van der Waals surface area contributed by atoms with Crippen LogP contribution in [-0.2, 0) is 20.9 Å². The van der Waals surface area contributed by atoms with Crippen LogP contribution < -0.4 is 5.32 Å². The highest BCUT2D eigenvalue weighted by molar-refractivity contribution is 5.95. The summed E-state index contributed by atoms with van der Waals surface area (Å²) in [5, 5.41) is 15.3. The lowest BCUT2D eigenvalue weighted by Crippen LogP contribution is -2.65. The van der Waals surface area contributed by atoms with E-state index in [2.05, 4.69) is 10.4 Å². The van der Waals surface area contributed by atoms with Gasteiger partial charge in [-0.05, 0) is 56.3 Å². The van der Waals surface area contributed by atoms with Crippen LogP contribution in [-0.4, -0.2) is 111 Å². The van der Waals surface area contributed by atoms with Crippen molar-refractivity contribution in [1.82, 2.24) is 29.8 Å². The number of carbonyl (C=O) groups is 4. The van der Waals surface area contributed by atoms with E-state index in [-0.39, 0.29) is 49.1 Å². The zero-order chi connectivity index (χ0) is 35.6. The molecule has 3 atom stereocenters. The Morgan fingerprint density at radius 3 is 2.14 bits per heavy atom. The zero-order valence-electron chi connectivity index (χ0n) is 29.1. The van der Waals surface area contributed by atoms with Gasteiger partial charge < -0.3 is 25.1 Å². The number of carbonyl (C=O) groups excluding carboxylic acids is 4. The van der Waals surface area contributed by atoms with Crippen molar-refractivity contribution in [2.75, 3.05) is 45.9 Å². The SMILES string of the molecule is CC[C@H](NC(=O)[C@@H]1CN(C(=O)c2cnn(CC(F)(F)F)c2)CC12CN(C(=O)[C@H]1CC1(C)C)C2)C(=O)N1CCCCC1.OCC1CCCCC1.[HH]. The molecule has 2 N–H and O–H groups in total. The molecule has 5 aliphatic rings. The molecule has 3 aliphatic heterocycles. The van der Waals surface area contributed by atoms with Crippen molar-refractivity contribution in [1.29, 1.82) is 0 Å². The first-order chi connectivity index (χ1) is 23.2. The number of aliphatic hydroxyl groups is 1. The smallest absolute Gasteiger partial charge is 0.396 e. The van der Waals surface area contributed by atoms with Crippen molar-refractivity contribution in [3.05, 3.63) is 18.0 Å². The molecule has 276 valence electrons. The standard InChI is InChI=1S/C28H39F3N6O4.C7H14O.H2/c1-4-21(25(41)34-8-6-5-7-9-34)33-22(38)20-13-35(23(39)18-11-32-37(12-18)17-28(29,30)31)14-27(20)15-36(16-27)24(40)19-10-26(19,2)3;8-6-7-4-2-1-3-5-7;/h11-12,19-21H,4-10,13-17H2,1-3H3,(H,33,38);7-8H,1-6H2;1H/t19-,20+,21+;;/m1../s1. The van der Waals surface area contributed by atoms with Crippen LogP contribution in [0.2, 0.25) is 0 Å². The van der Waals surface area contributed by atoms with Gasteiger partial charge in [0.25, 0.3) is 5.91 Å². The minimum absolute atomic E-state index is 0. The monoisotopic (exact) mass is 696 g/mol. The number of rotatable bonds is 8. The first-order valence-electron chi connectivity index (χ1n) is 18.0. The largest absolute Gasteiger partial charge is 0.408 e. The van der Waals surface area contributed by atoms with Gasteiger partial charge in [0.15, 0.2) is 0 Å². The average Bonchev–Trinajstić information content (AvgIpc) is 3.36. The first kappa shape index (κ1) is 37.1. The molecule has 1 aromatic rings. The Bertz CT molecular complexity index is 1350. The molecular weight excluding hydrogens is 641 g/mol. The van der Waals surface area contributed by atoms with E-state index >= 15 is 0 Å². The van der Waals surface area contributed by atoms with Gasteiger partial charge in [0.1, 0.15) is 12.6 Å². The second-order valence-corrected chi connectivity index (χ2v) is 15.6. The van der Waals surface area contributed by atoms with E-state index in [1.54, 1.807) is 9.80 Å². The minimum atomic E-state index is -4.48. The Morgan fingerprint density at radius 1 is 0.980 bits per heavy atom. The molecule has 0 aromatic carbocycles. The van der Waals surface area contributed by atoms with Crippen LogP contribution in [0.15, 0.2) is 12.4 Å². The van der Waals surface area contributed by atoms with E-state index < -0.39 is 36.0 Å². The van der Waals surface area contributed by atoms with E-state index in [0.29, 0.717) is 49.8 Å². The Morgan fingerprint density at radius 2 is 1.59 bits per heavy atom. The maximum atomic E-state index is 13.7. The molecular formula is C35H55F3N6O5. The summed E-state index contributed by atoms with van der Waals surface area (Å²) < 4.78 is 39.1. The highest BCUT2D eigenvalue weighted by Gasteiger charge is 2.62. The van der Waals surface area contributed by atoms with Crippen LogP contribution >= 0.6 is 0 Å². The van der Waals surface area contributed by atoms with Gasteiger partial charge >= 0.3 is 6.18 Å². The van der Waals surface area contributed by atoms with E-state index in [9.17, 15) is 32.3 Å². The number of hydrogen-bond donors (Lipinski definition) is 2. The third kappa shape index (κ3) is 8.78. The fourth-order valence-corrected chi connectivity index (χ4v) is 8.03. The normalized spacial score (nSPS) is 25.2. The van der Waals surface area contributed by atoms with Gasteiger partial charge in [0.05, 0.1) is 17.7 Å². The van der Waals surface area contributed by atoms with E-state index in [4.69, 9.17) is 5.11 Å². The molecule has 0 radical (unpaired) electrons. The Labute approximate surface area is 288 Å². The van der Waals surface area contributed by atoms with Crippen LogP contribution in [0, 0.1) is 28.6 Å². The molecule has 49 heavy (non-hydrogen) atoms. The maximum absolute atomic E-state index is 13.7. The van der Waals surface area contributed by atoms with Crippen molar-refractivity contribution in [2.24, 2.45) is 28.6 Å². The predicted octanol–water partition coefficient (Wildman–Crippen LogP) is 4.10. The minimum Gasteiger partial charge on any atom is -0.396 e. The van der Waals surface area contributed by atoms with Crippen LogP contribution in [0.4, 0.5) is 13.2 Å². The number of aliphatic hydroxyl groups excluding tert-OH is 1. The Kier molecular flexibility index (Phi) is 11.3. The van der Waals surface area contributed by atoms with E-state index in [1.165, 1.54) is 37.0 Å². The molecule has 2 saturated carbocycles. The third-order valence-electron chi connectivity index (χ3n) is 11.3. The summed E-state index contributed by atoms with van der Waals surface area (Å²) in [6.07, 6.45) is 8.43. The third-order valence-corrected chi connectivity index (χ3v) is 11.3. The number of nitrogens with zero attached hydrogens (tertiary/aromatic N) is 5. The van der Waals surface area contributed by atoms with Crippen molar-refractivity contribution in [3.63, 3.8) is 0 Å². The summed E-state index contributed by atoms with van der Waals surface area (Å²) in [4.78, 5) is 58.3. The number of aromatic nitrogens is 2. The highest BCUT2D eigenvalue weighted by atomic mass is 19.4. The van der Waals surface area contributed by atoms with Crippen LogP contribution in [0.25, 0.3) is 0 Å². The highest BCUT2D eigenvalue weighted by Crippen LogP contribution is 2.54. The summed E-state index contributed by atoms with van der Waals surface area (Å²) in [6, 6.07) is -0.687. The topological polar surface area (TPSA) is 128 Å². The van der Waals surface area contributed by atoms with Crippen LogP contribution in [0.5, 0.6) is 0 Å². The predicted molar refractivity (Wildman–Crippen MR) is 177 cm³/mol.